The Bertz CT molecular complexity index is 1270. The number of fused-ring (bicyclic) bond motifs is 1. The van der Waals surface area contributed by atoms with E-state index >= 15 is 0 Å². The lowest BCUT2D eigenvalue weighted by molar-refractivity contribution is 0.103. The normalized spacial score (nSPS) is 11.1. The summed E-state index contributed by atoms with van der Waals surface area (Å²) in [6.07, 6.45) is 4.01. The van der Waals surface area contributed by atoms with E-state index in [-0.39, 0.29) is 5.91 Å². The van der Waals surface area contributed by atoms with Crippen molar-refractivity contribution in [2.45, 2.75) is 6.92 Å². The molecule has 6 heteroatoms. The summed E-state index contributed by atoms with van der Waals surface area (Å²) in [7, 11) is 0. The van der Waals surface area contributed by atoms with Gasteiger partial charge in [-0.2, -0.15) is 0 Å². The summed E-state index contributed by atoms with van der Waals surface area (Å²) >= 11 is 3.06. The van der Waals surface area contributed by atoms with E-state index in [9.17, 15) is 4.79 Å². The minimum Gasteiger partial charge on any atom is -0.321 e. The number of rotatable bonds is 4. The summed E-state index contributed by atoms with van der Waals surface area (Å²) in [5.41, 5.74) is 5.93. The monoisotopic (exact) mass is 415 g/mol. The molecule has 0 saturated heterocycles. The van der Waals surface area contributed by atoms with Crippen LogP contribution in [-0.2, 0) is 0 Å². The van der Waals surface area contributed by atoms with Gasteiger partial charge in [0.15, 0.2) is 4.96 Å². The van der Waals surface area contributed by atoms with E-state index in [0.717, 1.165) is 33.0 Å². The molecule has 0 spiro atoms. The van der Waals surface area contributed by atoms with E-state index in [1.165, 1.54) is 16.9 Å². The average Bonchev–Trinajstić information content (AvgIpc) is 3.45. The topological polar surface area (TPSA) is 46.4 Å². The van der Waals surface area contributed by atoms with Crippen molar-refractivity contribution in [3.63, 3.8) is 0 Å². The Kier molecular flexibility index (Phi) is 4.50. The zero-order chi connectivity index (χ0) is 19.8. The third-order valence-corrected chi connectivity index (χ3v) is 6.45. The third-order valence-electron chi connectivity index (χ3n) is 4.77. The molecule has 2 aromatic carbocycles. The summed E-state index contributed by atoms with van der Waals surface area (Å²) < 4.78 is 2.01. The van der Waals surface area contributed by atoms with Gasteiger partial charge in [-0.3, -0.25) is 9.20 Å². The second kappa shape index (κ2) is 7.31. The SMILES string of the molecule is Cc1ccc(-c2ccsc2C(=O)Nc2ccc(-c3cn4ccsc4n3)cc2)cc1. The molecule has 0 atom stereocenters. The average molecular weight is 416 g/mol. The molecule has 29 heavy (non-hydrogen) atoms. The fourth-order valence-corrected chi connectivity index (χ4v) is 4.74. The summed E-state index contributed by atoms with van der Waals surface area (Å²) in [5.74, 6) is -0.0918. The highest BCUT2D eigenvalue weighted by atomic mass is 32.1. The quantitative estimate of drug-likeness (QED) is 0.372. The summed E-state index contributed by atoms with van der Waals surface area (Å²) in [6.45, 7) is 2.06. The van der Waals surface area contributed by atoms with Crippen molar-refractivity contribution < 1.29 is 4.79 Å². The molecule has 0 aliphatic carbocycles. The minimum absolute atomic E-state index is 0.0918. The van der Waals surface area contributed by atoms with Gasteiger partial charge in [0.1, 0.15) is 0 Å². The van der Waals surface area contributed by atoms with Gasteiger partial charge in [-0.25, -0.2) is 4.98 Å². The first kappa shape index (κ1) is 17.8. The number of benzene rings is 2. The highest BCUT2D eigenvalue weighted by molar-refractivity contribution is 7.15. The summed E-state index contributed by atoms with van der Waals surface area (Å²) in [5, 5.41) is 6.98. The van der Waals surface area contributed by atoms with Gasteiger partial charge in [0.25, 0.3) is 5.91 Å². The van der Waals surface area contributed by atoms with Gasteiger partial charge in [-0.1, -0.05) is 42.0 Å². The van der Waals surface area contributed by atoms with Crippen LogP contribution in [0, 0.1) is 6.92 Å². The maximum Gasteiger partial charge on any atom is 0.266 e. The minimum atomic E-state index is -0.0918. The van der Waals surface area contributed by atoms with Gasteiger partial charge in [0.2, 0.25) is 0 Å². The summed E-state index contributed by atoms with van der Waals surface area (Å²) in [6, 6.07) is 18.0. The predicted octanol–water partition coefficient (Wildman–Crippen LogP) is 6.35. The molecule has 5 aromatic rings. The lowest BCUT2D eigenvalue weighted by Gasteiger charge is -2.07. The Morgan fingerprint density at radius 2 is 1.69 bits per heavy atom. The van der Waals surface area contributed by atoms with Crippen LogP contribution < -0.4 is 5.32 Å². The summed E-state index contributed by atoms with van der Waals surface area (Å²) in [4.78, 5) is 19.2. The van der Waals surface area contributed by atoms with Crippen molar-refractivity contribution in [2.24, 2.45) is 0 Å². The Labute approximate surface area is 176 Å². The second-order valence-corrected chi connectivity index (χ2v) is 8.57. The van der Waals surface area contributed by atoms with E-state index < -0.39 is 0 Å². The Balaban J connectivity index is 1.35. The molecule has 0 bridgehead atoms. The van der Waals surface area contributed by atoms with Gasteiger partial charge in [0.05, 0.1) is 10.6 Å². The molecular weight excluding hydrogens is 398 g/mol. The van der Waals surface area contributed by atoms with Crippen LogP contribution in [0.3, 0.4) is 0 Å². The molecule has 0 radical (unpaired) electrons. The second-order valence-electron chi connectivity index (χ2n) is 6.78. The van der Waals surface area contributed by atoms with Crippen molar-refractivity contribution in [3.05, 3.63) is 88.2 Å². The van der Waals surface area contributed by atoms with E-state index in [2.05, 4.69) is 41.5 Å². The number of amides is 1. The Hall–Kier alpha value is -3.22. The van der Waals surface area contributed by atoms with Crippen molar-refractivity contribution in [1.29, 1.82) is 0 Å². The van der Waals surface area contributed by atoms with Gasteiger partial charge in [-0.15, -0.1) is 22.7 Å². The number of carbonyl (C=O) groups excluding carboxylic acids is 1. The van der Waals surface area contributed by atoms with Crippen molar-refractivity contribution in [2.75, 3.05) is 5.32 Å². The van der Waals surface area contributed by atoms with Gasteiger partial charge >= 0.3 is 0 Å². The molecule has 0 unspecified atom stereocenters. The van der Waals surface area contributed by atoms with Crippen LogP contribution in [-0.4, -0.2) is 15.3 Å². The number of thiazole rings is 1. The molecule has 4 nitrogen and oxygen atoms in total. The molecule has 3 heterocycles. The molecule has 0 aliphatic heterocycles. The predicted molar refractivity (Wildman–Crippen MR) is 121 cm³/mol. The van der Waals surface area contributed by atoms with Crippen LogP contribution in [0.5, 0.6) is 0 Å². The highest BCUT2D eigenvalue weighted by Gasteiger charge is 2.15. The van der Waals surface area contributed by atoms with Crippen molar-refractivity contribution in [1.82, 2.24) is 9.38 Å². The number of hydrogen-bond acceptors (Lipinski definition) is 4. The van der Waals surface area contributed by atoms with Crippen LogP contribution in [0.25, 0.3) is 27.3 Å². The molecule has 1 N–H and O–H groups in total. The van der Waals surface area contributed by atoms with Gasteiger partial charge in [-0.05, 0) is 36.1 Å². The number of imidazole rings is 1. The van der Waals surface area contributed by atoms with Crippen LogP contribution in [0.15, 0.2) is 77.8 Å². The number of nitrogens with one attached hydrogen (secondary N) is 1. The largest absolute Gasteiger partial charge is 0.321 e. The van der Waals surface area contributed by atoms with Crippen LogP contribution in [0.4, 0.5) is 5.69 Å². The zero-order valence-electron chi connectivity index (χ0n) is 15.6. The smallest absolute Gasteiger partial charge is 0.266 e. The number of anilines is 1. The number of thiophene rings is 1. The molecule has 3 aromatic heterocycles. The van der Waals surface area contributed by atoms with Crippen molar-refractivity contribution in [3.8, 4) is 22.4 Å². The number of aryl methyl sites for hydroxylation is 1. The van der Waals surface area contributed by atoms with Gasteiger partial charge < -0.3 is 5.32 Å². The fraction of sp³-hybridized carbons (Fsp3) is 0.0435. The van der Waals surface area contributed by atoms with E-state index in [4.69, 9.17) is 0 Å². The molecular formula is C23H17N3OS2. The Morgan fingerprint density at radius 1 is 0.931 bits per heavy atom. The maximum atomic E-state index is 12.9. The van der Waals surface area contributed by atoms with Crippen LogP contribution in [0.1, 0.15) is 15.2 Å². The first-order valence-electron chi connectivity index (χ1n) is 9.16. The first-order valence-corrected chi connectivity index (χ1v) is 10.9. The highest BCUT2D eigenvalue weighted by Crippen LogP contribution is 2.30. The number of carbonyl (C=O) groups is 1. The molecule has 0 fully saturated rings. The Morgan fingerprint density at radius 3 is 2.45 bits per heavy atom. The molecule has 0 saturated carbocycles. The standard InChI is InChI=1S/C23H17N3OS2/c1-15-2-4-16(5-3-15)19-10-12-28-21(19)22(27)24-18-8-6-17(7-9-18)20-14-26-11-13-29-23(26)25-20/h2-14H,1H3,(H,24,27). The molecule has 5 rings (SSSR count). The van der Waals surface area contributed by atoms with E-state index in [1.807, 2.05) is 57.9 Å². The lowest BCUT2D eigenvalue weighted by Crippen LogP contribution is -2.11. The maximum absolute atomic E-state index is 12.9. The van der Waals surface area contributed by atoms with E-state index in [1.54, 1.807) is 11.3 Å². The fourth-order valence-electron chi connectivity index (χ4n) is 3.22. The molecule has 142 valence electrons. The zero-order valence-corrected chi connectivity index (χ0v) is 17.3. The molecule has 1 amide bonds. The number of nitrogens with zero attached hydrogens (tertiary/aromatic N) is 2. The van der Waals surface area contributed by atoms with Gasteiger partial charge in [0, 0.05) is 34.6 Å². The molecule has 0 aliphatic rings. The van der Waals surface area contributed by atoms with Crippen molar-refractivity contribution >= 4 is 39.2 Å². The van der Waals surface area contributed by atoms with E-state index in [0.29, 0.717) is 4.88 Å². The number of aromatic nitrogens is 2. The first-order chi connectivity index (χ1) is 14.2. The lowest BCUT2D eigenvalue weighted by atomic mass is 10.0. The van der Waals surface area contributed by atoms with Crippen LogP contribution >= 0.6 is 22.7 Å². The number of hydrogen-bond donors (Lipinski definition) is 1. The third kappa shape index (κ3) is 3.48. The van der Waals surface area contributed by atoms with Crippen LogP contribution in [0.2, 0.25) is 0 Å².